The fourth-order valence-electron chi connectivity index (χ4n) is 1.40. The van der Waals surface area contributed by atoms with Crippen LogP contribution in [0.15, 0.2) is 40.4 Å². The zero-order valence-corrected chi connectivity index (χ0v) is 10.1. The Bertz CT molecular complexity index is 603. The summed E-state index contributed by atoms with van der Waals surface area (Å²) in [6.45, 7) is 2.03. The zero-order chi connectivity index (χ0) is 12.5. The smallest absolute Gasteiger partial charge is 0.234 e. The predicted octanol–water partition coefficient (Wildman–Crippen LogP) is 0.958. The molecule has 90 valence electrons. The van der Waals surface area contributed by atoms with E-state index in [2.05, 4.69) is 4.99 Å². The van der Waals surface area contributed by atoms with E-state index < -0.39 is 9.84 Å². The highest BCUT2D eigenvalue weighted by molar-refractivity contribution is 8.09. The second-order valence-corrected chi connectivity index (χ2v) is 5.45. The summed E-state index contributed by atoms with van der Waals surface area (Å²) in [5.41, 5.74) is 6.63. The molecule has 0 amide bonds. The highest BCUT2D eigenvalue weighted by Gasteiger charge is 2.21. The largest absolute Gasteiger partial charge is 0.487 e. The molecule has 0 aromatic heterocycles. The first-order valence-corrected chi connectivity index (χ1v) is 6.51. The molecule has 5 nitrogen and oxygen atoms in total. The van der Waals surface area contributed by atoms with E-state index in [9.17, 15) is 8.42 Å². The lowest BCUT2D eigenvalue weighted by Crippen LogP contribution is -2.18. The fourth-order valence-corrected chi connectivity index (χ4v) is 2.24. The van der Waals surface area contributed by atoms with Gasteiger partial charge in [0.15, 0.2) is 0 Å². The van der Waals surface area contributed by atoms with E-state index in [0.29, 0.717) is 11.4 Å². The van der Waals surface area contributed by atoms with E-state index in [-0.39, 0.29) is 11.8 Å². The topological polar surface area (TPSA) is 81.8 Å². The van der Waals surface area contributed by atoms with Gasteiger partial charge in [0.2, 0.25) is 15.0 Å². The number of aliphatic imine (C=N–C) groups is 1. The van der Waals surface area contributed by atoms with Gasteiger partial charge < -0.3 is 10.5 Å². The summed E-state index contributed by atoms with van der Waals surface area (Å²) >= 11 is 0. The molecule has 0 aliphatic carbocycles. The first-order chi connectivity index (χ1) is 7.97. The summed E-state index contributed by atoms with van der Waals surface area (Å²) in [5.74, 6) is 0.670. The van der Waals surface area contributed by atoms with Crippen molar-refractivity contribution >= 4 is 15.0 Å². The summed E-state index contributed by atoms with van der Waals surface area (Å²) in [5, 5.41) is 0.651. The summed E-state index contributed by atoms with van der Waals surface area (Å²) in [7, 11) is -3.50. The van der Waals surface area contributed by atoms with Crippen molar-refractivity contribution in [1.29, 1.82) is 0 Å². The SMILES string of the molecule is Cc1cccc(OCC2=CS(=O)(=O)C(N)=N2)c1. The van der Waals surface area contributed by atoms with Crippen molar-refractivity contribution in [2.45, 2.75) is 6.92 Å². The number of benzene rings is 1. The molecule has 1 heterocycles. The van der Waals surface area contributed by atoms with Crippen molar-refractivity contribution in [3.63, 3.8) is 0 Å². The Morgan fingerprint density at radius 2 is 2.18 bits per heavy atom. The summed E-state index contributed by atoms with van der Waals surface area (Å²) in [6, 6.07) is 7.46. The van der Waals surface area contributed by atoms with Crippen LogP contribution in [-0.4, -0.2) is 20.2 Å². The lowest BCUT2D eigenvalue weighted by atomic mass is 10.2. The number of sulfone groups is 1. The number of rotatable bonds is 3. The van der Waals surface area contributed by atoms with Crippen molar-refractivity contribution in [3.8, 4) is 5.75 Å². The molecule has 0 unspecified atom stereocenters. The highest BCUT2D eigenvalue weighted by Crippen LogP contribution is 2.16. The Balaban J connectivity index is 2.06. The van der Waals surface area contributed by atoms with Crippen molar-refractivity contribution in [1.82, 2.24) is 0 Å². The molecule has 0 atom stereocenters. The van der Waals surface area contributed by atoms with Crippen LogP contribution in [0.25, 0.3) is 0 Å². The van der Waals surface area contributed by atoms with E-state index in [1.54, 1.807) is 6.07 Å². The standard InChI is InChI=1S/C11H12N2O3S/c1-8-3-2-4-10(5-8)16-6-9-7-17(14,15)11(12)13-9/h2-5,7H,6H2,1H3,(H2,12,13). The molecule has 6 heteroatoms. The first kappa shape index (κ1) is 11.7. The van der Waals surface area contributed by atoms with Crippen LogP contribution in [-0.2, 0) is 9.84 Å². The molecule has 1 aromatic rings. The lowest BCUT2D eigenvalue weighted by molar-refractivity contribution is 0.351. The normalized spacial score (nSPS) is 17.5. The van der Waals surface area contributed by atoms with Crippen LogP contribution in [0.5, 0.6) is 5.75 Å². The van der Waals surface area contributed by atoms with Crippen LogP contribution < -0.4 is 10.5 Å². The molecule has 17 heavy (non-hydrogen) atoms. The Kier molecular flexibility index (Phi) is 2.89. The monoisotopic (exact) mass is 252 g/mol. The summed E-state index contributed by atoms with van der Waals surface area (Å²) in [6.07, 6.45) is 0. The maximum atomic E-state index is 11.2. The lowest BCUT2D eigenvalue weighted by Gasteiger charge is -2.05. The molecule has 0 bridgehead atoms. The molecule has 1 aliphatic rings. The van der Waals surface area contributed by atoms with E-state index in [0.717, 1.165) is 11.0 Å². The summed E-state index contributed by atoms with van der Waals surface area (Å²) < 4.78 is 27.9. The van der Waals surface area contributed by atoms with Gasteiger partial charge in [-0.05, 0) is 24.6 Å². The molecular formula is C11H12N2O3S. The molecule has 2 N–H and O–H groups in total. The van der Waals surface area contributed by atoms with Crippen molar-refractivity contribution in [2.24, 2.45) is 10.7 Å². The van der Waals surface area contributed by atoms with Gasteiger partial charge in [-0.15, -0.1) is 0 Å². The summed E-state index contributed by atoms with van der Waals surface area (Å²) in [4.78, 5) is 3.72. The third-order valence-corrected chi connectivity index (χ3v) is 3.47. The Morgan fingerprint density at radius 1 is 1.41 bits per heavy atom. The van der Waals surface area contributed by atoms with E-state index in [1.165, 1.54) is 0 Å². The number of nitrogens with zero attached hydrogens (tertiary/aromatic N) is 1. The molecular weight excluding hydrogens is 240 g/mol. The van der Waals surface area contributed by atoms with Crippen molar-refractivity contribution in [3.05, 3.63) is 40.9 Å². The van der Waals surface area contributed by atoms with Gasteiger partial charge in [0.25, 0.3) is 0 Å². The average Bonchev–Trinajstić information content (AvgIpc) is 2.50. The minimum absolute atomic E-state index is 0.0867. The number of ether oxygens (including phenoxy) is 1. The van der Waals surface area contributed by atoms with Gasteiger partial charge in [0, 0.05) is 0 Å². The molecule has 1 aliphatic heterocycles. The van der Waals surface area contributed by atoms with Crippen LogP contribution in [0.2, 0.25) is 0 Å². The van der Waals surface area contributed by atoms with Gasteiger partial charge in [-0.3, -0.25) is 0 Å². The second-order valence-electron chi connectivity index (χ2n) is 3.71. The highest BCUT2D eigenvalue weighted by atomic mass is 32.2. The van der Waals surface area contributed by atoms with Gasteiger partial charge >= 0.3 is 0 Å². The molecule has 0 saturated carbocycles. The Labute approximate surface area is 99.5 Å². The van der Waals surface area contributed by atoms with Crippen molar-refractivity contribution in [2.75, 3.05) is 6.61 Å². The van der Waals surface area contributed by atoms with Gasteiger partial charge in [0.1, 0.15) is 12.4 Å². The number of nitrogens with two attached hydrogens (primary N) is 1. The van der Waals surface area contributed by atoms with Crippen molar-refractivity contribution < 1.29 is 13.2 Å². The maximum absolute atomic E-state index is 11.2. The first-order valence-electron chi connectivity index (χ1n) is 4.97. The quantitative estimate of drug-likeness (QED) is 0.868. The minimum Gasteiger partial charge on any atom is -0.487 e. The van der Waals surface area contributed by atoms with Gasteiger partial charge in [0.05, 0.1) is 11.1 Å². The van der Waals surface area contributed by atoms with Gasteiger partial charge in [-0.25, -0.2) is 13.4 Å². The molecule has 0 fully saturated rings. The third kappa shape index (κ3) is 2.65. The second kappa shape index (κ2) is 4.21. The van der Waals surface area contributed by atoms with Crippen LogP contribution >= 0.6 is 0 Å². The van der Waals surface area contributed by atoms with E-state index in [4.69, 9.17) is 10.5 Å². The van der Waals surface area contributed by atoms with Crippen LogP contribution in [0.3, 0.4) is 0 Å². The number of aryl methyl sites for hydroxylation is 1. The molecule has 1 aromatic carbocycles. The third-order valence-electron chi connectivity index (χ3n) is 2.21. The molecule has 0 radical (unpaired) electrons. The molecule has 2 rings (SSSR count). The van der Waals surface area contributed by atoms with Crippen LogP contribution in [0.1, 0.15) is 5.56 Å². The number of amidine groups is 1. The predicted molar refractivity (Wildman–Crippen MR) is 65.3 cm³/mol. The van der Waals surface area contributed by atoms with Crippen LogP contribution in [0.4, 0.5) is 0 Å². The Morgan fingerprint density at radius 3 is 2.76 bits per heavy atom. The van der Waals surface area contributed by atoms with Crippen LogP contribution in [0, 0.1) is 6.92 Å². The molecule has 0 spiro atoms. The average molecular weight is 252 g/mol. The van der Waals surface area contributed by atoms with E-state index >= 15 is 0 Å². The maximum Gasteiger partial charge on any atom is 0.234 e. The van der Waals surface area contributed by atoms with E-state index in [1.807, 2.05) is 25.1 Å². The fraction of sp³-hybridized carbons (Fsp3) is 0.182. The van der Waals surface area contributed by atoms with Gasteiger partial charge in [-0.2, -0.15) is 0 Å². The van der Waals surface area contributed by atoms with Gasteiger partial charge in [-0.1, -0.05) is 12.1 Å². The zero-order valence-electron chi connectivity index (χ0n) is 9.25. The Hall–Kier alpha value is -1.82. The number of hydrogen-bond acceptors (Lipinski definition) is 5. The number of hydrogen-bond donors (Lipinski definition) is 1. The molecule has 0 saturated heterocycles. The minimum atomic E-state index is -3.50.